The quantitative estimate of drug-likeness (QED) is 0.783. The average molecular weight is 318 g/mol. The maximum atomic E-state index is 12.2. The molecule has 1 aliphatic carbocycles. The van der Waals surface area contributed by atoms with Crippen LogP contribution in [0.15, 0.2) is 0 Å². The standard InChI is InChI=1S/C13H22N2O5S/c1-13(3-2-4-13)9-14-12(18)15-5-6-21(19,20)8-10(15)7-11(16)17/h10H,2-9H2,1H3,(H,14,18)(H,16,17). The molecule has 120 valence electrons. The lowest BCUT2D eigenvalue weighted by molar-refractivity contribution is -0.138. The molecule has 21 heavy (non-hydrogen) atoms. The van der Waals surface area contributed by atoms with Gasteiger partial charge in [-0.3, -0.25) is 4.79 Å². The van der Waals surface area contributed by atoms with E-state index in [-0.39, 0.29) is 35.9 Å². The van der Waals surface area contributed by atoms with E-state index in [0.717, 1.165) is 19.3 Å². The Morgan fingerprint density at radius 2 is 2.05 bits per heavy atom. The van der Waals surface area contributed by atoms with Crippen LogP contribution in [0.2, 0.25) is 0 Å². The summed E-state index contributed by atoms with van der Waals surface area (Å²) in [6.07, 6.45) is 2.96. The van der Waals surface area contributed by atoms with Crippen molar-refractivity contribution in [3.8, 4) is 0 Å². The fourth-order valence-corrected chi connectivity index (χ4v) is 4.40. The van der Waals surface area contributed by atoms with Crippen molar-refractivity contribution < 1.29 is 23.1 Å². The summed E-state index contributed by atoms with van der Waals surface area (Å²) < 4.78 is 23.3. The lowest BCUT2D eigenvalue weighted by Crippen LogP contribution is -2.56. The van der Waals surface area contributed by atoms with Crippen LogP contribution in [0.5, 0.6) is 0 Å². The number of carbonyl (C=O) groups is 2. The van der Waals surface area contributed by atoms with Gasteiger partial charge in [0.2, 0.25) is 0 Å². The number of amides is 2. The van der Waals surface area contributed by atoms with Crippen LogP contribution in [-0.4, -0.2) is 61.1 Å². The number of carboxylic acid groups (broad SMARTS) is 1. The number of nitrogens with zero attached hydrogens (tertiary/aromatic N) is 1. The van der Waals surface area contributed by atoms with Crippen molar-refractivity contribution in [2.24, 2.45) is 5.41 Å². The van der Waals surface area contributed by atoms with E-state index in [1.165, 1.54) is 4.90 Å². The first-order valence-electron chi connectivity index (χ1n) is 7.17. The van der Waals surface area contributed by atoms with E-state index in [0.29, 0.717) is 6.54 Å². The molecule has 0 bridgehead atoms. The van der Waals surface area contributed by atoms with Crippen LogP contribution in [0.4, 0.5) is 4.79 Å². The number of sulfone groups is 1. The van der Waals surface area contributed by atoms with Crippen molar-refractivity contribution in [2.45, 2.75) is 38.6 Å². The monoisotopic (exact) mass is 318 g/mol. The van der Waals surface area contributed by atoms with Crippen molar-refractivity contribution >= 4 is 21.8 Å². The SMILES string of the molecule is CC1(CNC(=O)N2CCS(=O)(=O)CC2CC(=O)O)CCC1. The molecule has 0 aromatic heterocycles. The Hall–Kier alpha value is -1.31. The second kappa shape index (κ2) is 5.82. The Morgan fingerprint density at radius 3 is 2.57 bits per heavy atom. The molecule has 8 heteroatoms. The van der Waals surface area contributed by atoms with E-state index >= 15 is 0 Å². The Bertz CT molecular complexity index is 527. The van der Waals surface area contributed by atoms with Gasteiger partial charge >= 0.3 is 12.0 Å². The molecule has 7 nitrogen and oxygen atoms in total. The smallest absolute Gasteiger partial charge is 0.317 e. The number of nitrogens with one attached hydrogen (secondary N) is 1. The Morgan fingerprint density at radius 1 is 1.38 bits per heavy atom. The number of carboxylic acids is 1. The molecule has 0 aromatic rings. The summed E-state index contributed by atoms with van der Waals surface area (Å²) in [4.78, 5) is 24.4. The van der Waals surface area contributed by atoms with Crippen LogP contribution in [-0.2, 0) is 14.6 Å². The van der Waals surface area contributed by atoms with Gasteiger partial charge in [0.1, 0.15) is 0 Å². The molecule has 2 fully saturated rings. The van der Waals surface area contributed by atoms with Gasteiger partial charge in [0.15, 0.2) is 9.84 Å². The minimum Gasteiger partial charge on any atom is -0.481 e. The third-order valence-electron chi connectivity index (χ3n) is 4.43. The van der Waals surface area contributed by atoms with Gasteiger partial charge in [-0.2, -0.15) is 0 Å². The van der Waals surface area contributed by atoms with Gasteiger partial charge in [-0.15, -0.1) is 0 Å². The second-order valence-electron chi connectivity index (χ2n) is 6.38. The zero-order chi connectivity index (χ0) is 15.7. The summed E-state index contributed by atoms with van der Waals surface area (Å²) >= 11 is 0. The van der Waals surface area contributed by atoms with Crippen LogP contribution in [0.3, 0.4) is 0 Å². The molecule has 2 amide bonds. The minimum absolute atomic E-state index is 0.0584. The summed E-state index contributed by atoms with van der Waals surface area (Å²) in [7, 11) is -3.27. The molecule has 2 aliphatic rings. The normalized spacial score (nSPS) is 26.7. The van der Waals surface area contributed by atoms with Gasteiger partial charge in [-0.25, -0.2) is 13.2 Å². The van der Waals surface area contributed by atoms with E-state index in [2.05, 4.69) is 12.2 Å². The Kier molecular flexibility index (Phi) is 4.46. The molecule has 2 N–H and O–H groups in total. The number of urea groups is 1. The maximum absolute atomic E-state index is 12.2. The number of rotatable bonds is 4. The Labute approximate surface area is 124 Å². The summed E-state index contributed by atoms with van der Waals surface area (Å²) in [5, 5.41) is 11.7. The highest BCUT2D eigenvalue weighted by Gasteiger charge is 2.37. The van der Waals surface area contributed by atoms with Gasteiger partial charge in [-0.1, -0.05) is 13.3 Å². The maximum Gasteiger partial charge on any atom is 0.317 e. The molecule has 1 saturated heterocycles. The van der Waals surface area contributed by atoms with Crippen LogP contribution in [0, 0.1) is 5.41 Å². The molecule has 1 aliphatic heterocycles. The second-order valence-corrected chi connectivity index (χ2v) is 8.61. The van der Waals surface area contributed by atoms with Crippen LogP contribution in [0.1, 0.15) is 32.6 Å². The predicted molar refractivity (Wildman–Crippen MR) is 76.8 cm³/mol. The lowest BCUT2D eigenvalue weighted by atomic mass is 9.70. The van der Waals surface area contributed by atoms with E-state index in [1.54, 1.807) is 0 Å². The third-order valence-corrected chi connectivity index (χ3v) is 6.13. The van der Waals surface area contributed by atoms with Crippen LogP contribution < -0.4 is 5.32 Å². The zero-order valence-corrected chi connectivity index (χ0v) is 13.0. The largest absolute Gasteiger partial charge is 0.481 e. The van der Waals surface area contributed by atoms with E-state index in [9.17, 15) is 18.0 Å². The first kappa shape index (κ1) is 16.1. The molecular formula is C13H22N2O5S. The van der Waals surface area contributed by atoms with Gasteiger partial charge in [0.05, 0.1) is 24.0 Å². The zero-order valence-electron chi connectivity index (χ0n) is 12.2. The topological polar surface area (TPSA) is 104 Å². The molecule has 2 rings (SSSR count). The van der Waals surface area contributed by atoms with Crippen molar-refractivity contribution in [1.29, 1.82) is 0 Å². The van der Waals surface area contributed by atoms with Gasteiger partial charge < -0.3 is 15.3 Å². The van der Waals surface area contributed by atoms with Gasteiger partial charge in [0, 0.05) is 13.1 Å². The number of carbonyl (C=O) groups excluding carboxylic acids is 1. The fraction of sp³-hybridized carbons (Fsp3) is 0.846. The van der Waals surface area contributed by atoms with Gasteiger partial charge in [-0.05, 0) is 18.3 Å². The summed E-state index contributed by atoms with van der Waals surface area (Å²) in [5.41, 5.74) is 0.125. The van der Waals surface area contributed by atoms with Crippen molar-refractivity contribution in [3.05, 3.63) is 0 Å². The lowest BCUT2D eigenvalue weighted by Gasteiger charge is -2.40. The molecule has 0 aromatic carbocycles. The highest BCUT2D eigenvalue weighted by Crippen LogP contribution is 2.39. The average Bonchev–Trinajstić information content (AvgIpc) is 2.32. The molecule has 1 atom stereocenters. The van der Waals surface area contributed by atoms with E-state index in [1.807, 2.05) is 0 Å². The number of hydrogen-bond acceptors (Lipinski definition) is 4. The highest BCUT2D eigenvalue weighted by molar-refractivity contribution is 7.91. The summed E-state index contributed by atoms with van der Waals surface area (Å²) in [5.74, 6) is -1.47. The van der Waals surface area contributed by atoms with Crippen molar-refractivity contribution in [1.82, 2.24) is 10.2 Å². The predicted octanol–water partition coefficient (Wildman–Crippen LogP) is 0.460. The number of aliphatic carboxylic acids is 1. The summed E-state index contributed by atoms with van der Waals surface area (Å²) in [6, 6.07) is -1.14. The molecule has 1 heterocycles. The van der Waals surface area contributed by atoms with Crippen LogP contribution >= 0.6 is 0 Å². The fourth-order valence-electron chi connectivity index (χ4n) is 2.87. The van der Waals surface area contributed by atoms with Crippen molar-refractivity contribution in [2.75, 3.05) is 24.6 Å². The molecular weight excluding hydrogens is 296 g/mol. The first-order valence-corrected chi connectivity index (χ1v) is 9.00. The highest BCUT2D eigenvalue weighted by atomic mass is 32.2. The molecule has 0 radical (unpaired) electrons. The Balaban J connectivity index is 1.97. The van der Waals surface area contributed by atoms with E-state index < -0.39 is 21.8 Å². The molecule has 1 unspecified atom stereocenters. The molecule has 1 saturated carbocycles. The first-order chi connectivity index (χ1) is 9.71. The third kappa shape index (κ3) is 4.09. The van der Waals surface area contributed by atoms with E-state index in [4.69, 9.17) is 5.11 Å². The minimum atomic E-state index is -3.27. The van der Waals surface area contributed by atoms with Crippen molar-refractivity contribution in [3.63, 3.8) is 0 Å². The molecule has 0 spiro atoms. The van der Waals surface area contributed by atoms with Gasteiger partial charge in [0.25, 0.3) is 0 Å². The summed E-state index contributed by atoms with van der Waals surface area (Å²) in [6.45, 7) is 2.71. The van der Waals surface area contributed by atoms with Crippen LogP contribution in [0.25, 0.3) is 0 Å². The number of hydrogen-bond donors (Lipinski definition) is 2.